The number of hydrogen-bond acceptors (Lipinski definition) is 3. The van der Waals surface area contributed by atoms with Crippen LogP contribution in [0.5, 0.6) is 5.75 Å². The third-order valence-electron chi connectivity index (χ3n) is 3.22. The maximum Gasteiger partial charge on any atom is 0.258 e. The van der Waals surface area contributed by atoms with E-state index in [0.717, 1.165) is 11.1 Å². The second-order valence-corrected chi connectivity index (χ2v) is 4.93. The van der Waals surface area contributed by atoms with Crippen molar-refractivity contribution in [1.29, 1.82) is 0 Å². The highest BCUT2D eigenvalue weighted by molar-refractivity contribution is 6.09. The fraction of sp³-hybridized carbons (Fsp3) is 0.235. The minimum Gasteiger partial charge on any atom is -0.492 e. The lowest BCUT2D eigenvalue weighted by molar-refractivity contribution is 0.102. The Morgan fingerprint density at radius 1 is 1.24 bits per heavy atom. The van der Waals surface area contributed by atoms with E-state index in [1.807, 2.05) is 51.1 Å². The molecular weight excluding hydrogens is 264 g/mol. The van der Waals surface area contributed by atoms with Gasteiger partial charge in [-0.3, -0.25) is 4.79 Å². The number of nitrogens with one attached hydrogen (secondary N) is 1. The number of amides is 1. The molecule has 0 aliphatic carbocycles. The topological polar surface area (TPSA) is 64.3 Å². The van der Waals surface area contributed by atoms with Crippen LogP contribution in [0.15, 0.2) is 36.4 Å². The quantitative estimate of drug-likeness (QED) is 0.844. The van der Waals surface area contributed by atoms with Gasteiger partial charge in [-0.1, -0.05) is 18.2 Å². The molecule has 0 atom stereocenters. The molecule has 3 N–H and O–H groups in total. The van der Waals surface area contributed by atoms with Crippen molar-refractivity contribution in [2.45, 2.75) is 20.8 Å². The molecule has 1 amide bonds. The second-order valence-electron chi connectivity index (χ2n) is 4.93. The van der Waals surface area contributed by atoms with Gasteiger partial charge in [-0.25, -0.2) is 0 Å². The molecule has 2 aromatic carbocycles. The van der Waals surface area contributed by atoms with Crippen LogP contribution in [0.4, 0.5) is 11.4 Å². The summed E-state index contributed by atoms with van der Waals surface area (Å²) in [6.45, 7) is 6.30. The first-order chi connectivity index (χ1) is 10.0. The van der Waals surface area contributed by atoms with E-state index in [1.165, 1.54) is 0 Å². The smallest absolute Gasteiger partial charge is 0.258 e. The monoisotopic (exact) mass is 284 g/mol. The number of carbonyl (C=O) groups excluding carboxylic acids is 1. The lowest BCUT2D eigenvalue weighted by Crippen LogP contribution is -2.16. The first kappa shape index (κ1) is 14.9. The van der Waals surface area contributed by atoms with E-state index in [0.29, 0.717) is 29.3 Å². The Hall–Kier alpha value is -2.49. The molecular formula is C17H20N2O2. The van der Waals surface area contributed by atoms with E-state index in [-0.39, 0.29) is 5.91 Å². The number of carbonyl (C=O) groups is 1. The molecule has 0 fully saturated rings. The van der Waals surface area contributed by atoms with Crippen molar-refractivity contribution in [1.82, 2.24) is 0 Å². The Morgan fingerprint density at radius 3 is 2.67 bits per heavy atom. The Labute approximate surface area is 124 Å². The first-order valence-corrected chi connectivity index (χ1v) is 6.92. The summed E-state index contributed by atoms with van der Waals surface area (Å²) < 4.78 is 5.57. The number of nitrogens with two attached hydrogens (primary N) is 1. The Balaban J connectivity index is 2.32. The number of ether oxygens (including phenoxy) is 1. The molecule has 0 saturated carbocycles. The Bertz CT molecular complexity index is 646. The molecule has 0 unspecified atom stereocenters. The summed E-state index contributed by atoms with van der Waals surface area (Å²) in [7, 11) is 0. The van der Waals surface area contributed by atoms with Crippen LogP contribution in [-0.4, -0.2) is 12.5 Å². The Kier molecular flexibility index (Phi) is 4.48. The van der Waals surface area contributed by atoms with Crippen molar-refractivity contribution >= 4 is 17.3 Å². The van der Waals surface area contributed by atoms with Crippen LogP contribution in [0.1, 0.15) is 28.4 Å². The molecule has 0 aliphatic heterocycles. The van der Waals surface area contributed by atoms with Crippen LogP contribution in [0.2, 0.25) is 0 Å². The van der Waals surface area contributed by atoms with Gasteiger partial charge in [0.15, 0.2) is 0 Å². The van der Waals surface area contributed by atoms with Crippen LogP contribution in [0, 0.1) is 13.8 Å². The van der Waals surface area contributed by atoms with Crippen LogP contribution in [0.25, 0.3) is 0 Å². The number of anilines is 2. The summed E-state index contributed by atoms with van der Waals surface area (Å²) in [5.74, 6) is 0.438. The van der Waals surface area contributed by atoms with E-state index < -0.39 is 0 Å². The largest absolute Gasteiger partial charge is 0.492 e. The van der Waals surface area contributed by atoms with Crippen molar-refractivity contribution in [3.05, 3.63) is 53.1 Å². The normalized spacial score (nSPS) is 10.2. The van der Waals surface area contributed by atoms with Gasteiger partial charge in [0.25, 0.3) is 5.91 Å². The summed E-state index contributed by atoms with van der Waals surface area (Å²) >= 11 is 0. The maximum atomic E-state index is 12.5. The molecule has 0 aromatic heterocycles. The fourth-order valence-electron chi connectivity index (χ4n) is 2.19. The molecule has 21 heavy (non-hydrogen) atoms. The predicted molar refractivity (Wildman–Crippen MR) is 85.9 cm³/mol. The summed E-state index contributed by atoms with van der Waals surface area (Å²) in [5.41, 5.74) is 9.44. The van der Waals surface area contributed by atoms with Crippen molar-refractivity contribution in [3.63, 3.8) is 0 Å². The van der Waals surface area contributed by atoms with E-state index >= 15 is 0 Å². The number of hydrogen-bond donors (Lipinski definition) is 2. The van der Waals surface area contributed by atoms with Crippen LogP contribution in [-0.2, 0) is 0 Å². The Morgan fingerprint density at radius 2 is 2.00 bits per heavy atom. The molecule has 0 spiro atoms. The molecule has 4 nitrogen and oxygen atoms in total. The van der Waals surface area contributed by atoms with E-state index in [4.69, 9.17) is 10.5 Å². The minimum atomic E-state index is -0.226. The van der Waals surface area contributed by atoms with E-state index in [1.54, 1.807) is 6.07 Å². The number of nitrogen functional groups attached to an aromatic ring is 1. The summed E-state index contributed by atoms with van der Waals surface area (Å²) in [4.78, 5) is 12.5. The molecule has 0 bridgehead atoms. The third kappa shape index (κ3) is 3.34. The van der Waals surface area contributed by atoms with Gasteiger partial charge >= 0.3 is 0 Å². The molecule has 2 rings (SSSR count). The zero-order valence-electron chi connectivity index (χ0n) is 12.6. The van der Waals surface area contributed by atoms with Gasteiger partial charge in [0.1, 0.15) is 5.75 Å². The highest BCUT2D eigenvalue weighted by Gasteiger charge is 2.14. The molecule has 0 heterocycles. The second kappa shape index (κ2) is 6.31. The van der Waals surface area contributed by atoms with Crippen molar-refractivity contribution in [2.75, 3.05) is 17.7 Å². The maximum absolute atomic E-state index is 12.5. The van der Waals surface area contributed by atoms with Crippen LogP contribution >= 0.6 is 0 Å². The van der Waals surface area contributed by atoms with Crippen LogP contribution in [0.3, 0.4) is 0 Å². The van der Waals surface area contributed by atoms with Gasteiger partial charge in [0.05, 0.1) is 17.9 Å². The number of rotatable bonds is 4. The van der Waals surface area contributed by atoms with Gasteiger partial charge < -0.3 is 15.8 Å². The molecule has 0 radical (unpaired) electrons. The average molecular weight is 284 g/mol. The van der Waals surface area contributed by atoms with Crippen molar-refractivity contribution in [2.24, 2.45) is 0 Å². The molecule has 2 aromatic rings. The van der Waals surface area contributed by atoms with E-state index in [9.17, 15) is 4.79 Å². The van der Waals surface area contributed by atoms with Gasteiger partial charge in [0, 0.05) is 5.69 Å². The van der Waals surface area contributed by atoms with Gasteiger partial charge in [-0.05, 0) is 50.1 Å². The van der Waals surface area contributed by atoms with Crippen molar-refractivity contribution < 1.29 is 9.53 Å². The molecule has 4 heteroatoms. The third-order valence-corrected chi connectivity index (χ3v) is 3.22. The first-order valence-electron chi connectivity index (χ1n) is 6.92. The standard InChI is InChI=1S/C17H20N2O2/c1-4-21-15-10-11(2)8-9-14(15)19-17(20)16-12(3)6-5-7-13(16)18/h5-10H,4,18H2,1-3H3,(H,19,20). The minimum absolute atomic E-state index is 0.226. The summed E-state index contributed by atoms with van der Waals surface area (Å²) in [6.07, 6.45) is 0. The predicted octanol–water partition coefficient (Wildman–Crippen LogP) is 3.54. The SMILES string of the molecule is CCOc1cc(C)ccc1NC(=O)c1c(C)cccc1N. The van der Waals surface area contributed by atoms with Gasteiger partial charge in [-0.15, -0.1) is 0 Å². The summed E-state index contributed by atoms with van der Waals surface area (Å²) in [6, 6.07) is 11.1. The van der Waals surface area contributed by atoms with E-state index in [2.05, 4.69) is 5.32 Å². The van der Waals surface area contributed by atoms with Crippen molar-refractivity contribution in [3.8, 4) is 5.75 Å². The molecule has 0 saturated heterocycles. The molecule has 110 valence electrons. The van der Waals surface area contributed by atoms with Crippen LogP contribution < -0.4 is 15.8 Å². The molecule has 0 aliphatic rings. The number of benzene rings is 2. The lowest BCUT2D eigenvalue weighted by atomic mass is 10.1. The number of aryl methyl sites for hydroxylation is 2. The summed E-state index contributed by atoms with van der Waals surface area (Å²) in [5, 5.41) is 2.88. The zero-order valence-corrected chi connectivity index (χ0v) is 12.6. The average Bonchev–Trinajstić information content (AvgIpc) is 2.42. The highest BCUT2D eigenvalue weighted by Crippen LogP contribution is 2.27. The fourth-order valence-corrected chi connectivity index (χ4v) is 2.19. The van der Waals surface area contributed by atoms with Gasteiger partial charge in [-0.2, -0.15) is 0 Å². The zero-order chi connectivity index (χ0) is 15.4. The van der Waals surface area contributed by atoms with Gasteiger partial charge in [0.2, 0.25) is 0 Å². The lowest BCUT2D eigenvalue weighted by Gasteiger charge is -2.14. The highest BCUT2D eigenvalue weighted by atomic mass is 16.5.